The Morgan fingerprint density at radius 1 is 0.750 bits per heavy atom. The van der Waals surface area contributed by atoms with E-state index in [0.717, 1.165) is 21.5 Å². The summed E-state index contributed by atoms with van der Waals surface area (Å²) in [5.74, 6) is 0.227. The first-order valence-electron chi connectivity index (χ1n) is 6.13. The third-order valence-corrected chi connectivity index (χ3v) is 3.08. The van der Waals surface area contributed by atoms with Gasteiger partial charge in [-0.25, -0.2) is 0 Å². The van der Waals surface area contributed by atoms with Crippen LogP contribution in [0.1, 0.15) is 0 Å². The number of ether oxygens (including phenoxy) is 1. The second-order valence-corrected chi connectivity index (χ2v) is 4.61. The summed E-state index contributed by atoms with van der Waals surface area (Å²) in [6.45, 7) is -1.27. The summed E-state index contributed by atoms with van der Waals surface area (Å²) in [6.07, 6.45) is -4.32. The molecule has 0 unspecified atom stereocenters. The van der Waals surface area contributed by atoms with Gasteiger partial charge in [0.1, 0.15) is 5.75 Å². The number of halogens is 3. The molecular weight excluding hydrogens is 265 g/mol. The van der Waals surface area contributed by atoms with E-state index in [1.165, 1.54) is 0 Å². The molecule has 0 atom stereocenters. The van der Waals surface area contributed by atoms with E-state index in [1.54, 1.807) is 18.2 Å². The molecule has 0 saturated carbocycles. The molecule has 0 radical (unpaired) electrons. The van der Waals surface area contributed by atoms with Crippen molar-refractivity contribution in [1.29, 1.82) is 0 Å². The molecule has 102 valence electrons. The van der Waals surface area contributed by atoms with E-state index in [9.17, 15) is 13.2 Å². The molecule has 0 aliphatic rings. The summed E-state index contributed by atoms with van der Waals surface area (Å²) < 4.78 is 41.2. The Hall–Kier alpha value is -2.23. The molecular formula is C16H11F3O. The Bertz CT molecular complexity index is 762. The standard InChI is InChI=1S/C16H11F3O/c17-16(18,19)10-20-15-6-5-13-7-11-3-1-2-4-12(11)8-14(13)9-15/h1-9H,10H2. The second kappa shape index (κ2) is 4.71. The fourth-order valence-corrected chi connectivity index (χ4v) is 2.17. The van der Waals surface area contributed by atoms with E-state index < -0.39 is 12.8 Å². The highest BCUT2D eigenvalue weighted by Crippen LogP contribution is 2.27. The average Bonchev–Trinajstić information content (AvgIpc) is 2.42. The summed E-state index contributed by atoms with van der Waals surface area (Å²) in [5.41, 5.74) is 0. The monoisotopic (exact) mass is 276 g/mol. The van der Waals surface area contributed by atoms with Crippen LogP contribution >= 0.6 is 0 Å². The van der Waals surface area contributed by atoms with Crippen LogP contribution in [0.15, 0.2) is 54.6 Å². The van der Waals surface area contributed by atoms with Gasteiger partial charge in [0.05, 0.1) is 0 Å². The zero-order chi connectivity index (χ0) is 14.2. The molecule has 4 heteroatoms. The third-order valence-electron chi connectivity index (χ3n) is 3.08. The minimum Gasteiger partial charge on any atom is -0.484 e. The van der Waals surface area contributed by atoms with E-state index in [4.69, 9.17) is 4.74 Å². The Labute approximate surface area is 113 Å². The third kappa shape index (κ3) is 2.69. The maximum absolute atomic E-state index is 12.1. The molecule has 0 aliphatic heterocycles. The molecule has 0 fully saturated rings. The minimum absolute atomic E-state index is 0.227. The zero-order valence-electron chi connectivity index (χ0n) is 10.4. The maximum Gasteiger partial charge on any atom is 0.422 e. The van der Waals surface area contributed by atoms with E-state index in [-0.39, 0.29) is 5.75 Å². The van der Waals surface area contributed by atoms with Crippen LogP contribution in [0.2, 0.25) is 0 Å². The van der Waals surface area contributed by atoms with Crippen molar-refractivity contribution in [3.8, 4) is 5.75 Å². The van der Waals surface area contributed by atoms with Crippen LogP contribution in [0.25, 0.3) is 21.5 Å². The molecule has 3 aromatic rings. The number of fused-ring (bicyclic) bond motifs is 2. The number of hydrogen-bond donors (Lipinski definition) is 0. The minimum atomic E-state index is -4.32. The molecule has 20 heavy (non-hydrogen) atoms. The number of benzene rings is 3. The Morgan fingerprint density at radius 2 is 1.35 bits per heavy atom. The van der Waals surface area contributed by atoms with Gasteiger partial charge in [0.2, 0.25) is 0 Å². The fraction of sp³-hybridized carbons (Fsp3) is 0.125. The van der Waals surface area contributed by atoms with Gasteiger partial charge in [0, 0.05) is 0 Å². The van der Waals surface area contributed by atoms with Crippen molar-refractivity contribution in [3.63, 3.8) is 0 Å². The summed E-state index contributed by atoms with van der Waals surface area (Å²) in [7, 11) is 0. The first-order chi connectivity index (χ1) is 9.51. The normalized spacial score (nSPS) is 11.9. The molecule has 0 spiro atoms. The summed E-state index contributed by atoms with van der Waals surface area (Å²) in [5, 5.41) is 3.99. The van der Waals surface area contributed by atoms with Crippen LogP contribution in [-0.2, 0) is 0 Å². The van der Waals surface area contributed by atoms with Crippen LogP contribution in [0.3, 0.4) is 0 Å². The Morgan fingerprint density at radius 3 is 2.00 bits per heavy atom. The fourth-order valence-electron chi connectivity index (χ4n) is 2.17. The molecule has 0 heterocycles. The van der Waals surface area contributed by atoms with Gasteiger partial charge in [-0.15, -0.1) is 0 Å². The highest BCUT2D eigenvalue weighted by molar-refractivity contribution is 5.98. The van der Waals surface area contributed by atoms with Crippen molar-refractivity contribution in [3.05, 3.63) is 54.6 Å². The predicted molar refractivity (Wildman–Crippen MR) is 73.0 cm³/mol. The van der Waals surface area contributed by atoms with Gasteiger partial charge in [0.25, 0.3) is 0 Å². The van der Waals surface area contributed by atoms with Crippen molar-refractivity contribution in [2.45, 2.75) is 6.18 Å². The first-order valence-corrected chi connectivity index (χ1v) is 6.13. The molecule has 0 N–H and O–H groups in total. The van der Waals surface area contributed by atoms with Crippen LogP contribution in [0.5, 0.6) is 5.75 Å². The molecule has 0 saturated heterocycles. The number of rotatable bonds is 2. The lowest BCUT2D eigenvalue weighted by Crippen LogP contribution is -2.19. The Kier molecular flexibility index (Phi) is 3.01. The van der Waals surface area contributed by atoms with Crippen LogP contribution in [-0.4, -0.2) is 12.8 Å². The van der Waals surface area contributed by atoms with E-state index in [2.05, 4.69) is 0 Å². The van der Waals surface area contributed by atoms with Gasteiger partial charge >= 0.3 is 6.18 Å². The summed E-state index contributed by atoms with van der Waals surface area (Å²) >= 11 is 0. The zero-order valence-corrected chi connectivity index (χ0v) is 10.4. The van der Waals surface area contributed by atoms with Crippen molar-refractivity contribution < 1.29 is 17.9 Å². The second-order valence-electron chi connectivity index (χ2n) is 4.61. The van der Waals surface area contributed by atoms with Gasteiger partial charge in [-0.2, -0.15) is 13.2 Å². The highest BCUT2D eigenvalue weighted by atomic mass is 19.4. The molecule has 1 nitrogen and oxygen atoms in total. The van der Waals surface area contributed by atoms with E-state index in [0.29, 0.717) is 0 Å². The molecule has 0 bridgehead atoms. The molecule has 0 aromatic heterocycles. The maximum atomic E-state index is 12.1. The van der Waals surface area contributed by atoms with Crippen molar-refractivity contribution >= 4 is 21.5 Å². The lowest BCUT2D eigenvalue weighted by molar-refractivity contribution is -0.153. The summed E-state index contributed by atoms with van der Waals surface area (Å²) in [4.78, 5) is 0. The van der Waals surface area contributed by atoms with Gasteiger partial charge < -0.3 is 4.74 Å². The molecule has 0 amide bonds. The smallest absolute Gasteiger partial charge is 0.422 e. The first kappa shape index (κ1) is 12.8. The van der Waals surface area contributed by atoms with Gasteiger partial charge in [0.15, 0.2) is 6.61 Å². The van der Waals surface area contributed by atoms with Crippen molar-refractivity contribution in [1.82, 2.24) is 0 Å². The lowest BCUT2D eigenvalue weighted by atomic mass is 10.0. The summed E-state index contributed by atoms with van der Waals surface area (Å²) in [6, 6.07) is 16.8. The van der Waals surface area contributed by atoms with E-state index in [1.807, 2.05) is 36.4 Å². The van der Waals surface area contributed by atoms with Crippen LogP contribution in [0.4, 0.5) is 13.2 Å². The molecule has 3 rings (SSSR count). The van der Waals surface area contributed by atoms with Crippen LogP contribution < -0.4 is 4.74 Å². The molecule has 0 aliphatic carbocycles. The number of hydrogen-bond acceptors (Lipinski definition) is 1. The largest absolute Gasteiger partial charge is 0.484 e. The van der Waals surface area contributed by atoms with Crippen molar-refractivity contribution in [2.75, 3.05) is 6.61 Å². The molecule has 3 aromatic carbocycles. The Balaban J connectivity index is 2.00. The topological polar surface area (TPSA) is 9.23 Å². The van der Waals surface area contributed by atoms with Gasteiger partial charge in [-0.3, -0.25) is 0 Å². The van der Waals surface area contributed by atoms with Crippen LogP contribution in [0, 0.1) is 0 Å². The van der Waals surface area contributed by atoms with Crippen molar-refractivity contribution in [2.24, 2.45) is 0 Å². The highest BCUT2D eigenvalue weighted by Gasteiger charge is 2.28. The van der Waals surface area contributed by atoms with Gasteiger partial charge in [-0.05, 0) is 45.8 Å². The lowest BCUT2D eigenvalue weighted by Gasteiger charge is -2.10. The average molecular weight is 276 g/mol. The number of alkyl halides is 3. The SMILES string of the molecule is FC(F)(F)COc1ccc2cc3ccccc3cc2c1. The predicted octanol–water partition coefficient (Wildman–Crippen LogP) is 4.93. The van der Waals surface area contributed by atoms with E-state index >= 15 is 0 Å². The van der Waals surface area contributed by atoms with Gasteiger partial charge in [-0.1, -0.05) is 30.3 Å². The quantitative estimate of drug-likeness (QED) is 0.603.